The number of nitrogens with zero attached hydrogens (tertiary/aromatic N) is 3. The molecule has 1 fully saturated rings. The Morgan fingerprint density at radius 2 is 2.29 bits per heavy atom. The van der Waals surface area contributed by atoms with E-state index < -0.39 is 0 Å². The van der Waals surface area contributed by atoms with E-state index >= 15 is 0 Å². The van der Waals surface area contributed by atoms with E-state index in [1.165, 1.54) is 12.1 Å². The van der Waals surface area contributed by atoms with Crippen molar-refractivity contribution in [3.05, 3.63) is 12.4 Å². The lowest BCUT2D eigenvalue weighted by molar-refractivity contribution is 0.333. The second-order valence-electron chi connectivity index (χ2n) is 5.35. The fourth-order valence-corrected chi connectivity index (χ4v) is 2.56. The van der Waals surface area contributed by atoms with Crippen LogP contribution in [0, 0.1) is 5.92 Å². The molecule has 2 atom stereocenters. The van der Waals surface area contributed by atoms with Crippen LogP contribution in [0.4, 0.5) is 5.69 Å². The van der Waals surface area contributed by atoms with E-state index in [2.05, 4.69) is 42.3 Å². The van der Waals surface area contributed by atoms with Crippen molar-refractivity contribution in [2.75, 3.05) is 18.0 Å². The Morgan fingerprint density at radius 1 is 1.53 bits per heavy atom. The Hall–Kier alpha value is -1.03. The first-order valence-corrected chi connectivity index (χ1v) is 6.60. The van der Waals surface area contributed by atoms with Crippen molar-refractivity contribution < 1.29 is 0 Å². The Balaban J connectivity index is 2.18. The molecule has 0 amide bonds. The van der Waals surface area contributed by atoms with Crippen molar-refractivity contribution in [3.63, 3.8) is 0 Å². The smallest absolute Gasteiger partial charge is 0.0755 e. The molecule has 0 bridgehead atoms. The fourth-order valence-electron chi connectivity index (χ4n) is 2.56. The van der Waals surface area contributed by atoms with Crippen LogP contribution in [0.5, 0.6) is 0 Å². The minimum Gasteiger partial charge on any atom is -0.363 e. The molecule has 2 unspecified atom stereocenters. The van der Waals surface area contributed by atoms with Gasteiger partial charge in [0, 0.05) is 38.4 Å². The first-order valence-electron chi connectivity index (χ1n) is 6.60. The zero-order chi connectivity index (χ0) is 12.4. The van der Waals surface area contributed by atoms with E-state index in [4.69, 9.17) is 0 Å². The van der Waals surface area contributed by atoms with Crippen LogP contribution in [0.25, 0.3) is 0 Å². The predicted molar refractivity (Wildman–Crippen MR) is 71.3 cm³/mol. The van der Waals surface area contributed by atoms with Gasteiger partial charge in [0.2, 0.25) is 0 Å². The molecule has 1 N–H and O–H groups in total. The normalized spacial score (nSPS) is 25.6. The van der Waals surface area contributed by atoms with Gasteiger partial charge in [-0.3, -0.25) is 4.68 Å². The lowest BCUT2D eigenvalue weighted by Crippen LogP contribution is -2.58. The van der Waals surface area contributed by atoms with Gasteiger partial charge in [-0.1, -0.05) is 20.8 Å². The largest absolute Gasteiger partial charge is 0.363 e. The molecule has 1 aromatic rings. The van der Waals surface area contributed by atoms with E-state index in [0.717, 1.165) is 13.1 Å². The maximum absolute atomic E-state index is 4.29. The quantitative estimate of drug-likeness (QED) is 0.866. The highest BCUT2D eigenvalue weighted by Gasteiger charge is 2.29. The van der Waals surface area contributed by atoms with Crippen LogP contribution < -0.4 is 10.2 Å². The van der Waals surface area contributed by atoms with Crippen LogP contribution in [-0.2, 0) is 7.05 Å². The van der Waals surface area contributed by atoms with E-state index in [0.29, 0.717) is 18.0 Å². The molecule has 1 aliphatic heterocycles. The van der Waals surface area contributed by atoms with E-state index in [1.807, 2.05) is 17.9 Å². The maximum Gasteiger partial charge on any atom is 0.0755 e. The molecule has 0 aromatic carbocycles. The molecule has 96 valence electrons. The molecule has 1 aliphatic rings. The summed E-state index contributed by atoms with van der Waals surface area (Å²) in [5, 5.41) is 7.93. The van der Waals surface area contributed by atoms with Gasteiger partial charge in [0.05, 0.1) is 11.9 Å². The number of rotatable bonds is 3. The number of hydrogen-bond donors (Lipinski definition) is 1. The van der Waals surface area contributed by atoms with Crippen LogP contribution in [0.1, 0.15) is 27.2 Å². The monoisotopic (exact) mass is 236 g/mol. The van der Waals surface area contributed by atoms with Crippen molar-refractivity contribution in [3.8, 4) is 0 Å². The number of anilines is 1. The third-order valence-electron chi connectivity index (χ3n) is 3.72. The standard InChI is InChI=1S/C13H24N4/c1-5-11-8-17(12-6-15-16(4)9-12)13(7-14-11)10(2)3/h6,9-11,13-14H,5,7-8H2,1-4H3. The summed E-state index contributed by atoms with van der Waals surface area (Å²) in [7, 11) is 1.98. The van der Waals surface area contributed by atoms with Gasteiger partial charge in [-0.2, -0.15) is 5.10 Å². The number of aromatic nitrogens is 2. The minimum absolute atomic E-state index is 0.571. The number of nitrogens with one attached hydrogen (secondary N) is 1. The van der Waals surface area contributed by atoms with Gasteiger partial charge in [0.15, 0.2) is 0 Å². The molecule has 1 aromatic heterocycles. The van der Waals surface area contributed by atoms with Gasteiger partial charge in [0.25, 0.3) is 0 Å². The van der Waals surface area contributed by atoms with Crippen LogP contribution in [0.15, 0.2) is 12.4 Å². The molecule has 0 saturated carbocycles. The average Bonchev–Trinajstić information content (AvgIpc) is 2.75. The lowest BCUT2D eigenvalue weighted by atomic mass is 9.97. The van der Waals surface area contributed by atoms with Crippen LogP contribution in [0.3, 0.4) is 0 Å². The summed E-state index contributed by atoms with van der Waals surface area (Å²) in [4.78, 5) is 2.52. The van der Waals surface area contributed by atoms with Crippen molar-refractivity contribution in [1.29, 1.82) is 0 Å². The van der Waals surface area contributed by atoms with Crippen LogP contribution in [-0.4, -0.2) is 35.0 Å². The third-order valence-corrected chi connectivity index (χ3v) is 3.72. The topological polar surface area (TPSA) is 33.1 Å². The molecule has 4 nitrogen and oxygen atoms in total. The summed E-state index contributed by atoms with van der Waals surface area (Å²) in [6.45, 7) is 8.99. The molecule has 0 aliphatic carbocycles. The van der Waals surface area contributed by atoms with Gasteiger partial charge < -0.3 is 10.2 Å². The molecular formula is C13H24N4. The SMILES string of the molecule is CCC1CN(c2cnn(C)c2)C(C(C)C)CN1. The summed E-state index contributed by atoms with van der Waals surface area (Å²) in [5.74, 6) is 0.653. The number of aryl methyl sites for hydroxylation is 1. The Bertz CT molecular complexity index is 358. The molecule has 4 heteroatoms. The van der Waals surface area contributed by atoms with Crippen molar-refractivity contribution >= 4 is 5.69 Å². The summed E-state index contributed by atoms with van der Waals surface area (Å²) in [6.07, 6.45) is 5.28. The Morgan fingerprint density at radius 3 is 2.82 bits per heavy atom. The van der Waals surface area contributed by atoms with Gasteiger partial charge in [-0.25, -0.2) is 0 Å². The average molecular weight is 236 g/mol. The third kappa shape index (κ3) is 2.63. The molecule has 2 heterocycles. The van der Waals surface area contributed by atoms with Crippen LogP contribution >= 0.6 is 0 Å². The summed E-state index contributed by atoms with van der Waals surface area (Å²) in [6, 6.07) is 1.17. The highest BCUT2D eigenvalue weighted by atomic mass is 15.3. The van der Waals surface area contributed by atoms with Gasteiger partial charge in [-0.05, 0) is 12.3 Å². The number of hydrogen-bond acceptors (Lipinski definition) is 3. The highest BCUT2D eigenvalue weighted by Crippen LogP contribution is 2.23. The second kappa shape index (κ2) is 5.08. The van der Waals surface area contributed by atoms with Crippen molar-refractivity contribution in [1.82, 2.24) is 15.1 Å². The van der Waals surface area contributed by atoms with Crippen molar-refractivity contribution in [2.24, 2.45) is 13.0 Å². The summed E-state index contributed by atoms with van der Waals surface area (Å²) in [5.41, 5.74) is 1.26. The number of piperazine rings is 1. The first-order chi connectivity index (χ1) is 8.11. The zero-order valence-corrected chi connectivity index (χ0v) is 11.3. The van der Waals surface area contributed by atoms with E-state index in [9.17, 15) is 0 Å². The Labute approximate surface area is 104 Å². The second-order valence-corrected chi connectivity index (χ2v) is 5.35. The molecule has 1 saturated heterocycles. The predicted octanol–water partition coefficient (Wildman–Crippen LogP) is 1.63. The first kappa shape index (κ1) is 12.4. The van der Waals surface area contributed by atoms with Gasteiger partial charge in [-0.15, -0.1) is 0 Å². The zero-order valence-electron chi connectivity index (χ0n) is 11.3. The minimum atomic E-state index is 0.571. The summed E-state index contributed by atoms with van der Waals surface area (Å²) < 4.78 is 1.88. The Kier molecular flexibility index (Phi) is 3.72. The molecule has 0 spiro atoms. The fraction of sp³-hybridized carbons (Fsp3) is 0.769. The van der Waals surface area contributed by atoms with Gasteiger partial charge >= 0.3 is 0 Å². The van der Waals surface area contributed by atoms with Crippen LogP contribution in [0.2, 0.25) is 0 Å². The highest BCUT2D eigenvalue weighted by molar-refractivity contribution is 5.45. The maximum atomic E-state index is 4.29. The lowest BCUT2D eigenvalue weighted by Gasteiger charge is -2.43. The van der Waals surface area contributed by atoms with E-state index in [1.54, 1.807) is 0 Å². The molecule has 17 heavy (non-hydrogen) atoms. The van der Waals surface area contributed by atoms with Gasteiger partial charge in [0.1, 0.15) is 0 Å². The molecule has 2 rings (SSSR count). The summed E-state index contributed by atoms with van der Waals surface area (Å²) >= 11 is 0. The van der Waals surface area contributed by atoms with E-state index in [-0.39, 0.29) is 0 Å². The molecular weight excluding hydrogens is 212 g/mol. The molecule has 0 radical (unpaired) electrons. The van der Waals surface area contributed by atoms with Crippen molar-refractivity contribution in [2.45, 2.75) is 39.3 Å².